The Labute approximate surface area is 122 Å². The van der Waals surface area contributed by atoms with Gasteiger partial charge in [-0.05, 0) is 31.2 Å². The van der Waals surface area contributed by atoms with Crippen molar-refractivity contribution in [3.63, 3.8) is 0 Å². The molecule has 108 valence electrons. The van der Waals surface area contributed by atoms with Crippen LogP contribution in [0, 0.1) is 0 Å². The molecule has 2 rings (SSSR count). The molecule has 0 fully saturated rings. The largest absolute Gasteiger partial charge is 0.481 e. The number of benzene rings is 1. The third kappa shape index (κ3) is 4.31. The Morgan fingerprint density at radius 1 is 1.05 bits per heavy atom. The molecule has 2 N–H and O–H groups in total. The maximum Gasteiger partial charge on any atom is 0.279 e. The van der Waals surface area contributed by atoms with Gasteiger partial charge in [0.25, 0.3) is 11.8 Å². The minimum atomic E-state index is -0.731. The minimum Gasteiger partial charge on any atom is -0.481 e. The van der Waals surface area contributed by atoms with E-state index in [-0.39, 0.29) is 0 Å². The van der Waals surface area contributed by atoms with E-state index in [0.717, 1.165) is 0 Å². The highest BCUT2D eigenvalue weighted by atomic mass is 16.5. The van der Waals surface area contributed by atoms with Crippen molar-refractivity contribution in [2.24, 2.45) is 0 Å². The molecule has 6 nitrogen and oxygen atoms in total. The van der Waals surface area contributed by atoms with Gasteiger partial charge in [-0.1, -0.05) is 18.2 Å². The van der Waals surface area contributed by atoms with Gasteiger partial charge in [0.05, 0.1) is 0 Å². The molecule has 1 aromatic heterocycles. The second-order valence-electron chi connectivity index (χ2n) is 4.25. The summed E-state index contributed by atoms with van der Waals surface area (Å²) in [5, 5.41) is 0. The Bertz CT molecular complexity index is 602. The molecule has 1 atom stereocenters. The van der Waals surface area contributed by atoms with Gasteiger partial charge in [-0.2, -0.15) is 0 Å². The molecule has 1 heterocycles. The molecule has 0 aliphatic heterocycles. The van der Waals surface area contributed by atoms with E-state index in [1.807, 2.05) is 18.2 Å². The van der Waals surface area contributed by atoms with E-state index in [2.05, 4.69) is 15.8 Å². The van der Waals surface area contributed by atoms with Gasteiger partial charge in [-0.25, -0.2) is 0 Å². The van der Waals surface area contributed by atoms with Gasteiger partial charge in [0.2, 0.25) is 0 Å². The molecule has 0 saturated heterocycles. The molecule has 0 aliphatic carbocycles. The Morgan fingerprint density at radius 3 is 2.38 bits per heavy atom. The fourth-order valence-electron chi connectivity index (χ4n) is 1.55. The van der Waals surface area contributed by atoms with Gasteiger partial charge in [0.1, 0.15) is 5.75 Å². The molecular formula is C15H15N3O3. The number of hydrogen-bond acceptors (Lipinski definition) is 4. The molecule has 0 aliphatic rings. The van der Waals surface area contributed by atoms with Crippen molar-refractivity contribution < 1.29 is 14.3 Å². The maximum atomic E-state index is 11.8. The van der Waals surface area contributed by atoms with Crippen LogP contribution in [0.5, 0.6) is 5.75 Å². The zero-order valence-electron chi connectivity index (χ0n) is 11.4. The number of hydrazine groups is 1. The van der Waals surface area contributed by atoms with Crippen molar-refractivity contribution in [2.75, 3.05) is 0 Å². The van der Waals surface area contributed by atoms with Crippen molar-refractivity contribution in [1.82, 2.24) is 15.8 Å². The number of para-hydroxylation sites is 1. The second kappa shape index (κ2) is 7.04. The van der Waals surface area contributed by atoms with E-state index >= 15 is 0 Å². The lowest BCUT2D eigenvalue weighted by Crippen LogP contribution is -2.47. The van der Waals surface area contributed by atoms with Gasteiger partial charge < -0.3 is 4.74 Å². The van der Waals surface area contributed by atoms with Crippen LogP contribution < -0.4 is 15.6 Å². The topological polar surface area (TPSA) is 80.3 Å². The summed E-state index contributed by atoms with van der Waals surface area (Å²) >= 11 is 0. The molecule has 2 aromatic rings. The number of aromatic nitrogens is 1. The number of carbonyl (C=O) groups is 2. The number of nitrogens with zero attached hydrogens (tertiary/aromatic N) is 1. The van der Waals surface area contributed by atoms with Gasteiger partial charge in [0.15, 0.2) is 6.10 Å². The first-order chi connectivity index (χ1) is 10.2. The lowest BCUT2D eigenvalue weighted by atomic mass is 10.2. The third-order valence-electron chi connectivity index (χ3n) is 2.67. The summed E-state index contributed by atoms with van der Waals surface area (Å²) in [7, 11) is 0. The summed E-state index contributed by atoms with van der Waals surface area (Å²) in [5.74, 6) is -0.278. The van der Waals surface area contributed by atoms with Gasteiger partial charge >= 0.3 is 0 Å². The van der Waals surface area contributed by atoms with Crippen LogP contribution in [0.1, 0.15) is 17.3 Å². The SMILES string of the molecule is CC(Oc1ccccc1)C(=O)NNC(=O)c1ccncc1. The smallest absolute Gasteiger partial charge is 0.279 e. The van der Waals surface area contributed by atoms with Crippen molar-refractivity contribution in [2.45, 2.75) is 13.0 Å². The quantitative estimate of drug-likeness (QED) is 0.830. The fourth-order valence-corrected chi connectivity index (χ4v) is 1.55. The van der Waals surface area contributed by atoms with Crippen LogP contribution in [0.3, 0.4) is 0 Å². The highest BCUT2D eigenvalue weighted by Gasteiger charge is 2.15. The highest BCUT2D eigenvalue weighted by Crippen LogP contribution is 2.10. The monoisotopic (exact) mass is 285 g/mol. The Morgan fingerprint density at radius 2 is 1.71 bits per heavy atom. The minimum absolute atomic E-state index is 0.405. The molecule has 0 spiro atoms. The predicted molar refractivity (Wildman–Crippen MR) is 76.4 cm³/mol. The number of rotatable bonds is 4. The molecule has 1 aromatic carbocycles. The number of hydrogen-bond donors (Lipinski definition) is 2. The first kappa shape index (κ1) is 14.5. The molecule has 2 amide bonds. The molecule has 0 bridgehead atoms. The Kier molecular flexibility index (Phi) is 4.87. The van der Waals surface area contributed by atoms with Crippen LogP contribution in [0.4, 0.5) is 0 Å². The standard InChI is InChI=1S/C15H15N3O3/c1-11(21-13-5-3-2-4-6-13)14(19)17-18-15(20)12-7-9-16-10-8-12/h2-11H,1H3,(H,17,19)(H,18,20). The number of ether oxygens (including phenoxy) is 1. The molecule has 6 heteroatoms. The van der Waals surface area contributed by atoms with Crippen LogP contribution >= 0.6 is 0 Å². The summed E-state index contributed by atoms with van der Waals surface area (Å²) in [4.78, 5) is 27.4. The first-order valence-electron chi connectivity index (χ1n) is 6.39. The van der Waals surface area contributed by atoms with Crippen molar-refractivity contribution in [3.05, 3.63) is 60.4 Å². The highest BCUT2D eigenvalue weighted by molar-refractivity contribution is 5.95. The number of pyridine rings is 1. The predicted octanol–water partition coefficient (Wildman–Crippen LogP) is 1.31. The summed E-state index contributed by atoms with van der Waals surface area (Å²) in [6.07, 6.45) is 2.26. The van der Waals surface area contributed by atoms with E-state index in [1.165, 1.54) is 12.4 Å². The van der Waals surface area contributed by atoms with E-state index in [1.54, 1.807) is 31.2 Å². The van der Waals surface area contributed by atoms with E-state index in [0.29, 0.717) is 11.3 Å². The lowest BCUT2D eigenvalue weighted by Gasteiger charge is -2.15. The zero-order chi connectivity index (χ0) is 15.1. The van der Waals surface area contributed by atoms with Gasteiger partial charge in [-0.3, -0.25) is 25.4 Å². The third-order valence-corrected chi connectivity index (χ3v) is 2.67. The average molecular weight is 285 g/mol. The number of amides is 2. The van der Waals surface area contributed by atoms with Crippen LogP contribution in [-0.2, 0) is 4.79 Å². The van der Waals surface area contributed by atoms with Crippen LogP contribution in [0.25, 0.3) is 0 Å². The van der Waals surface area contributed by atoms with Crippen LogP contribution in [0.2, 0.25) is 0 Å². The first-order valence-corrected chi connectivity index (χ1v) is 6.39. The van der Waals surface area contributed by atoms with Gasteiger partial charge in [-0.15, -0.1) is 0 Å². The van der Waals surface area contributed by atoms with Crippen molar-refractivity contribution in [1.29, 1.82) is 0 Å². The van der Waals surface area contributed by atoms with Crippen LogP contribution in [-0.4, -0.2) is 22.9 Å². The van der Waals surface area contributed by atoms with Crippen LogP contribution in [0.15, 0.2) is 54.9 Å². The second-order valence-corrected chi connectivity index (χ2v) is 4.25. The van der Waals surface area contributed by atoms with E-state index in [9.17, 15) is 9.59 Å². The van der Waals surface area contributed by atoms with E-state index < -0.39 is 17.9 Å². The van der Waals surface area contributed by atoms with Crippen molar-refractivity contribution in [3.8, 4) is 5.75 Å². The Hall–Kier alpha value is -2.89. The molecule has 0 saturated carbocycles. The lowest BCUT2D eigenvalue weighted by molar-refractivity contribution is -0.128. The zero-order valence-corrected chi connectivity index (χ0v) is 11.4. The normalized spacial score (nSPS) is 11.3. The number of carbonyl (C=O) groups excluding carboxylic acids is 2. The fraction of sp³-hybridized carbons (Fsp3) is 0.133. The molecule has 1 unspecified atom stereocenters. The summed E-state index contributed by atoms with van der Waals surface area (Å²) in [6.45, 7) is 1.60. The van der Waals surface area contributed by atoms with Crippen molar-refractivity contribution >= 4 is 11.8 Å². The summed E-state index contributed by atoms with van der Waals surface area (Å²) in [5.41, 5.74) is 5.04. The average Bonchev–Trinajstić information content (AvgIpc) is 2.54. The maximum absolute atomic E-state index is 11.8. The molecule has 0 radical (unpaired) electrons. The van der Waals surface area contributed by atoms with Gasteiger partial charge in [0, 0.05) is 18.0 Å². The summed E-state index contributed by atoms with van der Waals surface area (Å²) < 4.78 is 5.44. The molecular weight excluding hydrogens is 270 g/mol. The number of nitrogens with one attached hydrogen (secondary N) is 2. The molecule has 21 heavy (non-hydrogen) atoms. The van der Waals surface area contributed by atoms with E-state index in [4.69, 9.17) is 4.74 Å². The summed E-state index contributed by atoms with van der Waals surface area (Å²) in [6, 6.07) is 12.1. The Balaban J connectivity index is 1.83.